The molecule has 3 aromatic rings. The summed E-state index contributed by atoms with van der Waals surface area (Å²) in [5.41, 5.74) is 7.23. The second-order valence-corrected chi connectivity index (χ2v) is 8.24. The van der Waals surface area contributed by atoms with E-state index >= 15 is 0 Å². The minimum atomic E-state index is -0.516. The van der Waals surface area contributed by atoms with Gasteiger partial charge in [0.15, 0.2) is 4.34 Å². The molecule has 0 aliphatic rings. The van der Waals surface area contributed by atoms with Crippen molar-refractivity contribution >= 4 is 46.3 Å². The fraction of sp³-hybridized carbons (Fsp3) is 0.105. The summed E-state index contributed by atoms with van der Waals surface area (Å²) in [5, 5.41) is 16.0. The maximum atomic E-state index is 12.5. The average molecular weight is 428 g/mol. The van der Waals surface area contributed by atoms with Gasteiger partial charge in [-0.3, -0.25) is 19.7 Å². The number of carbonyl (C=O) groups is 2. The van der Waals surface area contributed by atoms with E-state index in [9.17, 15) is 19.7 Å². The molecule has 2 amide bonds. The van der Waals surface area contributed by atoms with E-state index < -0.39 is 16.7 Å². The zero-order valence-electron chi connectivity index (χ0n) is 15.2. The summed E-state index contributed by atoms with van der Waals surface area (Å²) in [4.78, 5) is 39.1. The summed E-state index contributed by atoms with van der Waals surface area (Å²) in [7, 11) is 0. The van der Waals surface area contributed by atoms with Crippen LogP contribution >= 0.6 is 23.1 Å². The van der Waals surface area contributed by atoms with Crippen LogP contribution in [0.1, 0.15) is 21.6 Å². The predicted molar refractivity (Wildman–Crippen MR) is 111 cm³/mol. The highest BCUT2D eigenvalue weighted by atomic mass is 32.2. The molecule has 8 nitrogen and oxygen atoms in total. The number of benzene rings is 2. The summed E-state index contributed by atoms with van der Waals surface area (Å²) < 4.78 is 0.693. The van der Waals surface area contributed by atoms with Crippen molar-refractivity contribution in [3.8, 4) is 0 Å². The first-order valence-corrected chi connectivity index (χ1v) is 10.1. The van der Waals surface area contributed by atoms with E-state index in [1.807, 2.05) is 12.3 Å². The predicted octanol–water partition coefficient (Wildman–Crippen LogP) is 3.79. The highest BCUT2D eigenvalue weighted by molar-refractivity contribution is 8.01. The third-order valence-corrected chi connectivity index (χ3v) is 5.92. The number of nitrogens with one attached hydrogen (secondary N) is 1. The summed E-state index contributed by atoms with van der Waals surface area (Å²) in [6, 6.07) is 11.0. The first kappa shape index (κ1) is 20.5. The number of nitrogens with two attached hydrogens (primary N) is 1. The lowest BCUT2D eigenvalue weighted by atomic mass is 10.1. The fourth-order valence-electron chi connectivity index (χ4n) is 2.47. The Balaban J connectivity index is 1.77. The van der Waals surface area contributed by atoms with Gasteiger partial charge in [0.1, 0.15) is 0 Å². The van der Waals surface area contributed by atoms with Gasteiger partial charge in [-0.05, 0) is 36.8 Å². The van der Waals surface area contributed by atoms with E-state index in [2.05, 4.69) is 10.3 Å². The van der Waals surface area contributed by atoms with E-state index in [4.69, 9.17) is 5.73 Å². The zero-order valence-corrected chi connectivity index (χ0v) is 16.9. The number of aromatic nitrogens is 1. The van der Waals surface area contributed by atoms with Crippen molar-refractivity contribution in [2.24, 2.45) is 5.73 Å². The van der Waals surface area contributed by atoms with Crippen LogP contribution in [-0.2, 0) is 11.2 Å². The van der Waals surface area contributed by atoms with E-state index in [-0.39, 0.29) is 17.7 Å². The van der Waals surface area contributed by atoms with Crippen LogP contribution < -0.4 is 11.1 Å². The van der Waals surface area contributed by atoms with E-state index in [1.165, 1.54) is 35.2 Å². The van der Waals surface area contributed by atoms with E-state index in [0.717, 1.165) is 11.3 Å². The molecule has 2 aromatic carbocycles. The van der Waals surface area contributed by atoms with Gasteiger partial charge in [-0.1, -0.05) is 23.9 Å². The first-order valence-electron chi connectivity index (χ1n) is 8.39. The molecular formula is C19H16N4O4S2. The molecule has 0 radical (unpaired) electrons. The number of anilines is 1. The van der Waals surface area contributed by atoms with Crippen molar-refractivity contribution in [2.45, 2.75) is 22.6 Å². The topological polar surface area (TPSA) is 128 Å². The van der Waals surface area contributed by atoms with Crippen LogP contribution in [0.4, 0.5) is 11.4 Å². The van der Waals surface area contributed by atoms with Crippen LogP contribution in [0.15, 0.2) is 57.1 Å². The lowest BCUT2D eigenvalue weighted by Gasteiger charge is -2.07. The number of hydrogen-bond acceptors (Lipinski definition) is 7. The van der Waals surface area contributed by atoms with E-state index in [1.54, 1.807) is 30.3 Å². The molecule has 3 N–H and O–H groups in total. The molecular weight excluding hydrogens is 412 g/mol. The van der Waals surface area contributed by atoms with Crippen molar-refractivity contribution in [2.75, 3.05) is 5.32 Å². The number of carbonyl (C=O) groups excluding carboxylic acids is 2. The molecule has 0 spiro atoms. The quantitative estimate of drug-likeness (QED) is 0.435. The molecule has 0 atom stereocenters. The second-order valence-electron chi connectivity index (χ2n) is 6.09. The third-order valence-electron chi connectivity index (χ3n) is 3.80. The highest BCUT2D eigenvalue weighted by Crippen LogP contribution is 2.36. The molecule has 1 heterocycles. The van der Waals surface area contributed by atoms with Gasteiger partial charge in [-0.25, -0.2) is 4.98 Å². The minimum absolute atomic E-state index is 0.109. The molecule has 0 bridgehead atoms. The summed E-state index contributed by atoms with van der Waals surface area (Å²) in [6.07, 6.45) is 0.109. The molecule has 0 aliphatic carbocycles. The smallest absolute Gasteiger partial charge is 0.284 e. The second kappa shape index (κ2) is 8.84. The van der Waals surface area contributed by atoms with Gasteiger partial charge < -0.3 is 11.1 Å². The largest absolute Gasteiger partial charge is 0.369 e. The molecule has 148 valence electrons. The number of primary amides is 1. The molecule has 0 saturated carbocycles. The molecule has 29 heavy (non-hydrogen) atoms. The molecule has 0 unspecified atom stereocenters. The Morgan fingerprint density at radius 3 is 2.55 bits per heavy atom. The SMILES string of the molecule is Cc1csc(Sc2ccc(C(=O)Nc3ccc(CC(N)=O)cc3)cc2[N+](=O)[O-])n1. The van der Waals surface area contributed by atoms with Crippen LogP contribution in [0.3, 0.4) is 0 Å². The lowest BCUT2D eigenvalue weighted by molar-refractivity contribution is -0.387. The van der Waals surface area contributed by atoms with Crippen molar-refractivity contribution in [1.29, 1.82) is 0 Å². The number of thiazole rings is 1. The fourth-order valence-corrected chi connectivity index (χ4v) is 4.35. The molecule has 0 aliphatic heterocycles. The maximum Gasteiger partial charge on any atom is 0.284 e. The lowest BCUT2D eigenvalue weighted by Crippen LogP contribution is -2.14. The Hall–Kier alpha value is -3.24. The first-order chi connectivity index (χ1) is 13.8. The van der Waals surface area contributed by atoms with Gasteiger partial charge >= 0.3 is 0 Å². The molecule has 1 aromatic heterocycles. The molecule has 3 rings (SSSR count). The Morgan fingerprint density at radius 1 is 1.24 bits per heavy atom. The standard InChI is InChI=1S/C19H16N4O4S2/c1-11-10-28-19(21-11)29-16-7-4-13(9-15(16)23(26)27)18(25)22-14-5-2-12(3-6-14)8-17(20)24/h2-7,9-10H,8H2,1H3,(H2,20,24)(H,22,25). The van der Waals surface area contributed by atoms with Crippen molar-refractivity contribution in [3.63, 3.8) is 0 Å². The maximum absolute atomic E-state index is 12.5. The van der Waals surface area contributed by atoms with Gasteiger partial charge in [-0.15, -0.1) is 11.3 Å². The normalized spacial score (nSPS) is 10.5. The van der Waals surface area contributed by atoms with Crippen molar-refractivity contribution in [1.82, 2.24) is 4.98 Å². The van der Waals surface area contributed by atoms with Gasteiger partial charge in [0.05, 0.1) is 16.2 Å². The minimum Gasteiger partial charge on any atom is -0.369 e. The Morgan fingerprint density at radius 2 is 1.97 bits per heavy atom. The van der Waals surface area contributed by atoms with Gasteiger partial charge in [0.25, 0.3) is 11.6 Å². The number of rotatable bonds is 7. The Labute approximate surface area is 174 Å². The Kier molecular flexibility index (Phi) is 6.25. The number of nitrogens with zero attached hydrogens (tertiary/aromatic N) is 2. The summed E-state index contributed by atoms with van der Waals surface area (Å²) in [6.45, 7) is 1.85. The Bertz CT molecular complexity index is 1080. The molecule has 0 saturated heterocycles. The van der Waals surface area contributed by atoms with Crippen molar-refractivity contribution < 1.29 is 14.5 Å². The van der Waals surface area contributed by atoms with Crippen molar-refractivity contribution in [3.05, 3.63) is 74.8 Å². The van der Waals surface area contributed by atoms with E-state index in [0.29, 0.717) is 14.9 Å². The summed E-state index contributed by atoms with van der Waals surface area (Å²) in [5.74, 6) is -0.919. The van der Waals surface area contributed by atoms with Crippen LogP contribution in [0.25, 0.3) is 0 Å². The van der Waals surface area contributed by atoms with Gasteiger partial charge in [-0.2, -0.15) is 0 Å². The highest BCUT2D eigenvalue weighted by Gasteiger charge is 2.19. The summed E-state index contributed by atoms with van der Waals surface area (Å²) >= 11 is 2.59. The zero-order chi connectivity index (χ0) is 21.0. The number of hydrogen-bond donors (Lipinski definition) is 2. The average Bonchev–Trinajstić information content (AvgIpc) is 3.07. The van der Waals surface area contributed by atoms with Crippen LogP contribution in [0.5, 0.6) is 0 Å². The number of amides is 2. The van der Waals surface area contributed by atoms with Gasteiger partial charge in [0.2, 0.25) is 5.91 Å². The third kappa shape index (κ3) is 5.39. The van der Waals surface area contributed by atoms with Crippen LogP contribution in [-0.4, -0.2) is 21.7 Å². The number of nitro benzene ring substituents is 1. The number of aryl methyl sites for hydroxylation is 1. The molecule has 10 heteroatoms. The monoisotopic (exact) mass is 428 g/mol. The van der Waals surface area contributed by atoms with Crippen LogP contribution in [0.2, 0.25) is 0 Å². The number of nitro groups is 1. The van der Waals surface area contributed by atoms with Gasteiger partial charge in [0, 0.05) is 28.4 Å². The van der Waals surface area contributed by atoms with Crippen LogP contribution in [0, 0.1) is 17.0 Å². The molecule has 0 fully saturated rings.